The van der Waals surface area contributed by atoms with Crippen LogP contribution in [0.25, 0.3) is 0 Å². The van der Waals surface area contributed by atoms with E-state index in [1.165, 1.54) is 7.11 Å². The van der Waals surface area contributed by atoms with Crippen molar-refractivity contribution in [2.45, 2.75) is 18.9 Å². The van der Waals surface area contributed by atoms with Crippen LogP contribution in [-0.2, 0) is 16.0 Å². The molecule has 0 radical (unpaired) electrons. The molecule has 90 valence electrons. The number of carboxylic acids is 1. The van der Waals surface area contributed by atoms with Gasteiger partial charge < -0.3 is 14.3 Å². The maximum Gasteiger partial charge on any atom is 0.326 e. The highest BCUT2D eigenvalue weighted by Crippen LogP contribution is 2.06. The Hall–Kier alpha value is -1.33. The zero-order chi connectivity index (χ0) is 12.0. The molecule has 0 aliphatic rings. The molecule has 0 bridgehead atoms. The van der Waals surface area contributed by atoms with Crippen LogP contribution in [0, 0.1) is 0 Å². The molecule has 5 heteroatoms. The van der Waals surface area contributed by atoms with Crippen molar-refractivity contribution in [2.24, 2.45) is 0 Å². The number of hydrogen-bond donors (Lipinski definition) is 2. The number of carbonyl (C=O) groups is 1. The van der Waals surface area contributed by atoms with Crippen LogP contribution in [0.4, 0.5) is 0 Å². The molecule has 2 N–H and O–H groups in total. The molecule has 0 amide bonds. The molecule has 1 aromatic rings. The third-order valence-corrected chi connectivity index (χ3v) is 2.37. The molecule has 1 heterocycles. The maximum atomic E-state index is 11.0. The molecule has 0 saturated carbocycles. The van der Waals surface area contributed by atoms with Gasteiger partial charge in [0, 0.05) is 20.1 Å². The van der Waals surface area contributed by atoms with E-state index in [9.17, 15) is 4.79 Å². The standard InChI is InChI=1S/C11H17NO4/c1-11(8-15-2,10(13)14)12-6-5-9-4-3-7-16-9/h3-4,7,12H,5-6,8H2,1-2H3,(H,13,14). The first-order valence-corrected chi connectivity index (χ1v) is 5.08. The lowest BCUT2D eigenvalue weighted by Gasteiger charge is -2.25. The van der Waals surface area contributed by atoms with E-state index in [0.717, 1.165) is 5.76 Å². The predicted octanol–water partition coefficient (Wildman–Crippen LogP) is 0.901. The van der Waals surface area contributed by atoms with Crippen LogP contribution in [-0.4, -0.2) is 36.9 Å². The molecule has 0 saturated heterocycles. The summed E-state index contributed by atoms with van der Waals surface area (Å²) >= 11 is 0. The molecule has 1 aromatic heterocycles. The minimum Gasteiger partial charge on any atom is -0.480 e. The van der Waals surface area contributed by atoms with Crippen molar-refractivity contribution in [3.8, 4) is 0 Å². The molecular weight excluding hydrogens is 210 g/mol. The third kappa shape index (κ3) is 3.36. The van der Waals surface area contributed by atoms with E-state index in [4.69, 9.17) is 14.3 Å². The second kappa shape index (κ2) is 5.67. The number of hydrogen-bond acceptors (Lipinski definition) is 4. The Bertz CT molecular complexity index is 323. The summed E-state index contributed by atoms with van der Waals surface area (Å²) in [5.74, 6) is -0.0912. The van der Waals surface area contributed by atoms with Gasteiger partial charge in [0.1, 0.15) is 11.3 Å². The quantitative estimate of drug-likeness (QED) is 0.724. The van der Waals surface area contributed by atoms with Gasteiger partial charge in [0.25, 0.3) is 0 Å². The van der Waals surface area contributed by atoms with Crippen molar-refractivity contribution >= 4 is 5.97 Å². The average Bonchev–Trinajstić information content (AvgIpc) is 2.70. The minimum absolute atomic E-state index is 0.125. The lowest BCUT2D eigenvalue weighted by molar-refractivity contribution is -0.146. The molecular formula is C11H17NO4. The third-order valence-electron chi connectivity index (χ3n) is 2.37. The summed E-state index contributed by atoms with van der Waals surface area (Å²) in [5, 5.41) is 12.0. The minimum atomic E-state index is -1.05. The highest BCUT2D eigenvalue weighted by atomic mass is 16.5. The first kappa shape index (κ1) is 12.7. The lowest BCUT2D eigenvalue weighted by Crippen LogP contribution is -2.53. The second-order valence-electron chi connectivity index (χ2n) is 3.83. The van der Waals surface area contributed by atoms with Gasteiger partial charge in [-0.2, -0.15) is 0 Å². The highest BCUT2D eigenvalue weighted by Gasteiger charge is 2.32. The number of ether oxygens (including phenoxy) is 1. The number of rotatable bonds is 7. The number of nitrogens with one attached hydrogen (secondary N) is 1. The maximum absolute atomic E-state index is 11.0. The molecule has 5 nitrogen and oxygen atoms in total. The largest absolute Gasteiger partial charge is 0.480 e. The van der Waals surface area contributed by atoms with E-state index >= 15 is 0 Å². The fourth-order valence-corrected chi connectivity index (χ4v) is 1.39. The van der Waals surface area contributed by atoms with Crippen LogP contribution in [0.1, 0.15) is 12.7 Å². The van der Waals surface area contributed by atoms with Crippen molar-refractivity contribution in [1.29, 1.82) is 0 Å². The van der Waals surface area contributed by atoms with Gasteiger partial charge in [0.15, 0.2) is 0 Å². The summed E-state index contributed by atoms with van der Waals surface area (Å²) in [4.78, 5) is 11.0. The summed E-state index contributed by atoms with van der Waals surface area (Å²) in [5.41, 5.74) is -1.05. The number of furan rings is 1. The molecule has 0 aromatic carbocycles. The zero-order valence-electron chi connectivity index (χ0n) is 9.53. The number of methoxy groups -OCH3 is 1. The van der Waals surface area contributed by atoms with E-state index < -0.39 is 11.5 Å². The van der Waals surface area contributed by atoms with E-state index in [-0.39, 0.29) is 6.61 Å². The van der Waals surface area contributed by atoms with Crippen molar-refractivity contribution in [2.75, 3.05) is 20.3 Å². The smallest absolute Gasteiger partial charge is 0.326 e. The molecule has 1 atom stereocenters. The highest BCUT2D eigenvalue weighted by molar-refractivity contribution is 5.78. The number of aliphatic carboxylic acids is 1. The Morgan fingerprint density at radius 2 is 2.44 bits per heavy atom. The van der Waals surface area contributed by atoms with Gasteiger partial charge in [0.2, 0.25) is 0 Å². The Kier molecular flexibility index (Phi) is 4.52. The first-order chi connectivity index (χ1) is 7.58. The van der Waals surface area contributed by atoms with Gasteiger partial charge in [-0.05, 0) is 19.1 Å². The van der Waals surface area contributed by atoms with Crippen molar-refractivity contribution in [3.05, 3.63) is 24.2 Å². The van der Waals surface area contributed by atoms with E-state index in [1.807, 2.05) is 6.07 Å². The molecule has 16 heavy (non-hydrogen) atoms. The van der Waals surface area contributed by atoms with E-state index in [1.54, 1.807) is 19.3 Å². The summed E-state index contributed by atoms with van der Waals surface area (Å²) < 4.78 is 10.0. The van der Waals surface area contributed by atoms with E-state index in [0.29, 0.717) is 13.0 Å². The second-order valence-corrected chi connectivity index (χ2v) is 3.83. The monoisotopic (exact) mass is 227 g/mol. The zero-order valence-corrected chi connectivity index (χ0v) is 9.53. The van der Waals surface area contributed by atoms with Gasteiger partial charge in [-0.1, -0.05) is 0 Å². The van der Waals surface area contributed by atoms with Crippen LogP contribution >= 0.6 is 0 Å². The molecule has 0 spiro atoms. The Morgan fingerprint density at radius 3 is 2.94 bits per heavy atom. The fraction of sp³-hybridized carbons (Fsp3) is 0.545. The van der Waals surface area contributed by atoms with Crippen LogP contribution in [0.2, 0.25) is 0 Å². The lowest BCUT2D eigenvalue weighted by atomic mass is 10.0. The van der Waals surface area contributed by atoms with Gasteiger partial charge in [-0.15, -0.1) is 0 Å². The number of carboxylic acid groups (broad SMARTS) is 1. The topological polar surface area (TPSA) is 71.7 Å². The Labute approximate surface area is 94.4 Å². The van der Waals surface area contributed by atoms with Gasteiger partial charge in [-0.3, -0.25) is 10.1 Å². The molecule has 0 aliphatic heterocycles. The van der Waals surface area contributed by atoms with Crippen LogP contribution < -0.4 is 5.32 Å². The normalized spacial score (nSPS) is 14.6. The molecule has 1 rings (SSSR count). The Balaban J connectivity index is 2.41. The SMILES string of the molecule is COCC(C)(NCCc1ccco1)C(=O)O. The van der Waals surface area contributed by atoms with Crippen LogP contribution in [0.15, 0.2) is 22.8 Å². The van der Waals surface area contributed by atoms with Crippen molar-refractivity contribution in [1.82, 2.24) is 5.32 Å². The first-order valence-electron chi connectivity index (χ1n) is 5.08. The van der Waals surface area contributed by atoms with Gasteiger partial charge in [0.05, 0.1) is 12.9 Å². The summed E-state index contributed by atoms with van der Waals surface area (Å²) in [6, 6.07) is 3.66. The van der Waals surface area contributed by atoms with Gasteiger partial charge >= 0.3 is 5.97 Å². The molecule has 0 fully saturated rings. The van der Waals surface area contributed by atoms with Gasteiger partial charge in [-0.25, -0.2) is 0 Å². The summed E-state index contributed by atoms with van der Waals surface area (Å²) in [6.07, 6.45) is 2.25. The van der Waals surface area contributed by atoms with Crippen LogP contribution in [0.5, 0.6) is 0 Å². The fourth-order valence-electron chi connectivity index (χ4n) is 1.39. The summed E-state index contributed by atoms with van der Waals surface area (Å²) in [6.45, 7) is 2.25. The predicted molar refractivity (Wildman–Crippen MR) is 58.3 cm³/mol. The van der Waals surface area contributed by atoms with Crippen molar-refractivity contribution in [3.63, 3.8) is 0 Å². The van der Waals surface area contributed by atoms with E-state index in [2.05, 4.69) is 5.32 Å². The molecule has 0 aliphatic carbocycles. The van der Waals surface area contributed by atoms with Crippen LogP contribution in [0.3, 0.4) is 0 Å². The van der Waals surface area contributed by atoms with Crippen molar-refractivity contribution < 1.29 is 19.1 Å². The molecule has 1 unspecified atom stereocenters. The average molecular weight is 227 g/mol. The summed E-state index contributed by atoms with van der Waals surface area (Å²) in [7, 11) is 1.48. The Morgan fingerprint density at radius 1 is 1.69 bits per heavy atom.